The van der Waals surface area contributed by atoms with E-state index in [1.54, 1.807) is 54.6 Å². The predicted molar refractivity (Wildman–Crippen MR) is 120 cm³/mol. The number of nitriles is 1. The molecule has 3 N–H and O–H groups in total. The molecule has 1 aliphatic heterocycles. The highest BCUT2D eigenvalue weighted by Gasteiger charge is 2.42. The number of carbonyl (C=O) groups is 3. The number of nitrogens with zero attached hydrogens (tertiary/aromatic N) is 2. The number of ether oxygens (including phenoxy) is 2. The SMILES string of the molecule is COC(=O)C1=C(C(=O)OC)N(c2ccc(NC(C)=O)cc2)C(N)=C(C#N)C1c1ccccc1. The molecular formula is C24H22N4O5. The third-order valence-electron chi connectivity index (χ3n) is 5.06. The molecule has 0 radical (unpaired) electrons. The van der Waals surface area contributed by atoms with Crippen LogP contribution in [0.3, 0.4) is 0 Å². The van der Waals surface area contributed by atoms with Gasteiger partial charge in [-0.3, -0.25) is 9.69 Å². The quantitative estimate of drug-likeness (QED) is 0.669. The predicted octanol–water partition coefficient (Wildman–Crippen LogP) is 2.54. The minimum absolute atomic E-state index is 0.0355. The Bertz CT molecular complexity index is 1190. The molecule has 1 unspecified atom stereocenters. The fourth-order valence-corrected chi connectivity index (χ4v) is 3.68. The lowest BCUT2D eigenvalue weighted by Crippen LogP contribution is -2.40. The highest BCUT2D eigenvalue weighted by molar-refractivity contribution is 6.06. The van der Waals surface area contributed by atoms with Gasteiger partial charge in [-0.25, -0.2) is 9.59 Å². The van der Waals surface area contributed by atoms with E-state index < -0.39 is 17.9 Å². The number of hydrogen-bond acceptors (Lipinski definition) is 8. The van der Waals surface area contributed by atoms with Crippen molar-refractivity contribution in [1.82, 2.24) is 0 Å². The Labute approximate surface area is 190 Å². The Hall–Kier alpha value is -4.58. The van der Waals surface area contributed by atoms with Gasteiger partial charge in [0.2, 0.25) is 5.91 Å². The highest BCUT2D eigenvalue weighted by atomic mass is 16.5. The van der Waals surface area contributed by atoms with Gasteiger partial charge in [0.15, 0.2) is 0 Å². The third kappa shape index (κ3) is 4.41. The average molecular weight is 446 g/mol. The molecule has 168 valence electrons. The number of amides is 1. The molecule has 3 rings (SSSR count). The maximum Gasteiger partial charge on any atom is 0.355 e. The number of carbonyl (C=O) groups excluding carboxylic acids is 3. The topological polar surface area (TPSA) is 135 Å². The number of rotatable bonds is 5. The number of nitrogens with two attached hydrogens (primary N) is 1. The number of anilines is 2. The Kier molecular flexibility index (Phi) is 6.79. The summed E-state index contributed by atoms with van der Waals surface area (Å²) in [5, 5.41) is 12.6. The van der Waals surface area contributed by atoms with Gasteiger partial charge in [-0.15, -0.1) is 0 Å². The van der Waals surface area contributed by atoms with Crippen LogP contribution < -0.4 is 16.0 Å². The van der Waals surface area contributed by atoms with Crippen LogP contribution >= 0.6 is 0 Å². The van der Waals surface area contributed by atoms with Gasteiger partial charge in [-0.1, -0.05) is 30.3 Å². The molecule has 0 bridgehead atoms. The third-order valence-corrected chi connectivity index (χ3v) is 5.06. The number of esters is 2. The number of hydrogen-bond donors (Lipinski definition) is 2. The van der Waals surface area contributed by atoms with E-state index >= 15 is 0 Å². The first-order chi connectivity index (χ1) is 15.8. The number of methoxy groups -OCH3 is 2. The molecule has 0 aromatic heterocycles. The summed E-state index contributed by atoms with van der Waals surface area (Å²) in [6.07, 6.45) is 0. The van der Waals surface area contributed by atoms with Crippen molar-refractivity contribution in [2.75, 3.05) is 24.4 Å². The fraction of sp³-hybridized carbons (Fsp3) is 0.167. The van der Waals surface area contributed by atoms with Crippen molar-refractivity contribution >= 4 is 29.2 Å². The molecule has 0 saturated carbocycles. The maximum absolute atomic E-state index is 13.0. The zero-order valence-corrected chi connectivity index (χ0v) is 18.3. The number of nitrogens with one attached hydrogen (secondary N) is 1. The van der Waals surface area contributed by atoms with Crippen LogP contribution in [0.15, 0.2) is 77.3 Å². The van der Waals surface area contributed by atoms with Crippen LogP contribution in [-0.4, -0.2) is 32.1 Å². The summed E-state index contributed by atoms with van der Waals surface area (Å²) in [5.41, 5.74) is 7.73. The maximum atomic E-state index is 13.0. The summed E-state index contributed by atoms with van der Waals surface area (Å²) in [4.78, 5) is 38.5. The van der Waals surface area contributed by atoms with Gasteiger partial charge in [-0.05, 0) is 29.8 Å². The van der Waals surface area contributed by atoms with Crippen molar-refractivity contribution in [3.63, 3.8) is 0 Å². The lowest BCUT2D eigenvalue weighted by atomic mass is 9.81. The van der Waals surface area contributed by atoms with Crippen molar-refractivity contribution in [2.24, 2.45) is 5.73 Å². The summed E-state index contributed by atoms with van der Waals surface area (Å²) in [6.45, 7) is 1.38. The van der Waals surface area contributed by atoms with Gasteiger partial charge < -0.3 is 20.5 Å². The van der Waals surface area contributed by atoms with Crippen LogP contribution in [0.1, 0.15) is 18.4 Å². The molecule has 1 atom stereocenters. The van der Waals surface area contributed by atoms with E-state index in [4.69, 9.17) is 15.2 Å². The van der Waals surface area contributed by atoms with Crippen molar-refractivity contribution in [2.45, 2.75) is 12.8 Å². The van der Waals surface area contributed by atoms with E-state index in [1.807, 2.05) is 0 Å². The molecule has 33 heavy (non-hydrogen) atoms. The molecule has 0 fully saturated rings. The summed E-state index contributed by atoms with van der Waals surface area (Å²) in [6, 6.07) is 17.2. The first-order valence-electron chi connectivity index (χ1n) is 9.87. The zero-order valence-electron chi connectivity index (χ0n) is 18.3. The van der Waals surface area contributed by atoms with Crippen LogP contribution in [0, 0.1) is 11.3 Å². The molecule has 0 spiro atoms. The van der Waals surface area contributed by atoms with E-state index in [1.165, 1.54) is 26.0 Å². The van der Waals surface area contributed by atoms with Gasteiger partial charge in [0.1, 0.15) is 11.5 Å². The lowest BCUT2D eigenvalue weighted by molar-refractivity contribution is -0.139. The van der Waals surface area contributed by atoms with Gasteiger partial charge in [0, 0.05) is 18.3 Å². The molecule has 1 aliphatic rings. The van der Waals surface area contributed by atoms with Crippen LogP contribution in [0.5, 0.6) is 0 Å². The van der Waals surface area contributed by atoms with E-state index in [0.29, 0.717) is 16.9 Å². The summed E-state index contributed by atoms with van der Waals surface area (Å²) < 4.78 is 9.97. The van der Waals surface area contributed by atoms with Crippen LogP contribution in [-0.2, 0) is 23.9 Å². The molecule has 9 heteroatoms. The van der Waals surface area contributed by atoms with Gasteiger partial charge in [0.25, 0.3) is 0 Å². The van der Waals surface area contributed by atoms with Gasteiger partial charge >= 0.3 is 11.9 Å². The second-order valence-corrected chi connectivity index (χ2v) is 7.06. The number of benzene rings is 2. The van der Waals surface area contributed by atoms with E-state index in [2.05, 4.69) is 11.4 Å². The molecule has 0 saturated heterocycles. The molecule has 1 amide bonds. The second-order valence-electron chi connectivity index (χ2n) is 7.06. The standard InChI is InChI=1S/C24H22N4O5/c1-14(29)27-16-9-11-17(12-10-16)28-21(24(31)33-3)20(23(30)32-2)19(18(13-25)22(28)26)15-7-5-4-6-8-15/h4-12,19H,26H2,1-3H3,(H,27,29). The normalized spacial score (nSPS) is 15.6. The Morgan fingerprint density at radius 2 is 1.61 bits per heavy atom. The average Bonchev–Trinajstić information content (AvgIpc) is 2.83. The molecule has 1 heterocycles. The summed E-state index contributed by atoms with van der Waals surface area (Å²) in [7, 11) is 2.37. The second kappa shape index (κ2) is 9.70. The van der Waals surface area contributed by atoms with Crippen LogP contribution in [0.4, 0.5) is 11.4 Å². The first-order valence-corrected chi connectivity index (χ1v) is 9.87. The Balaban J connectivity index is 2.31. The van der Waals surface area contributed by atoms with Gasteiger partial charge in [-0.2, -0.15) is 5.26 Å². The van der Waals surface area contributed by atoms with Crippen molar-refractivity contribution in [1.29, 1.82) is 5.26 Å². The molecule has 2 aromatic carbocycles. The van der Waals surface area contributed by atoms with E-state index in [9.17, 15) is 19.6 Å². The molecule has 2 aromatic rings. The summed E-state index contributed by atoms with van der Waals surface area (Å²) >= 11 is 0. The summed E-state index contributed by atoms with van der Waals surface area (Å²) in [5.74, 6) is -2.85. The largest absolute Gasteiger partial charge is 0.466 e. The Morgan fingerprint density at radius 3 is 2.12 bits per heavy atom. The lowest BCUT2D eigenvalue weighted by Gasteiger charge is -2.35. The minimum Gasteiger partial charge on any atom is -0.466 e. The van der Waals surface area contributed by atoms with Gasteiger partial charge in [0.05, 0.1) is 37.4 Å². The molecule has 0 aliphatic carbocycles. The van der Waals surface area contributed by atoms with Crippen molar-refractivity contribution in [3.8, 4) is 6.07 Å². The smallest absolute Gasteiger partial charge is 0.355 e. The number of allylic oxidation sites excluding steroid dienone is 1. The molecular weight excluding hydrogens is 424 g/mol. The highest BCUT2D eigenvalue weighted by Crippen LogP contribution is 2.43. The van der Waals surface area contributed by atoms with Crippen LogP contribution in [0.2, 0.25) is 0 Å². The molecule has 9 nitrogen and oxygen atoms in total. The van der Waals surface area contributed by atoms with E-state index in [-0.39, 0.29) is 28.6 Å². The van der Waals surface area contributed by atoms with Crippen molar-refractivity contribution < 1.29 is 23.9 Å². The van der Waals surface area contributed by atoms with Crippen LogP contribution in [0.25, 0.3) is 0 Å². The fourth-order valence-electron chi connectivity index (χ4n) is 3.68. The van der Waals surface area contributed by atoms with Crippen molar-refractivity contribution in [3.05, 3.63) is 82.8 Å². The van der Waals surface area contributed by atoms with E-state index in [0.717, 1.165) is 0 Å². The Morgan fingerprint density at radius 1 is 1.00 bits per heavy atom. The zero-order chi connectivity index (χ0) is 24.1. The first kappa shape index (κ1) is 23.1. The monoisotopic (exact) mass is 446 g/mol. The minimum atomic E-state index is -0.937.